The first-order valence-electron chi connectivity index (χ1n) is 9.44. The zero-order valence-electron chi connectivity index (χ0n) is 16.7. The Bertz CT molecular complexity index is 979. The minimum Gasteiger partial charge on any atom is -0.358 e. The number of anilines is 1. The molecule has 3 rings (SSSR count). The van der Waals surface area contributed by atoms with E-state index in [0.29, 0.717) is 52.9 Å². The van der Waals surface area contributed by atoms with Gasteiger partial charge in [-0.2, -0.15) is 0 Å². The van der Waals surface area contributed by atoms with Crippen LogP contribution in [0.15, 0.2) is 18.2 Å². The number of fused-ring (bicyclic) bond motifs is 1. The van der Waals surface area contributed by atoms with Gasteiger partial charge in [0.15, 0.2) is 0 Å². The highest BCUT2D eigenvalue weighted by molar-refractivity contribution is 6.34. The maximum absolute atomic E-state index is 13.6. The van der Waals surface area contributed by atoms with Crippen molar-refractivity contribution in [2.24, 2.45) is 0 Å². The largest absolute Gasteiger partial charge is 0.358 e. The molecule has 0 aliphatic carbocycles. The summed E-state index contributed by atoms with van der Waals surface area (Å²) in [6, 6.07) is 4.58. The van der Waals surface area contributed by atoms with Crippen LogP contribution >= 0.6 is 11.6 Å². The van der Waals surface area contributed by atoms with Gasteiger partial charge in [-0.15, -0.1) is 11.6 Å². The highest BCUT2D eigenvalue weighted by Crippen LogP contribution is 2.34. The first-order chi connectivity index (χ1) is 13.8. The molecular weight excluding hydrogens is 395 g/mol. The van der Waals surface area contributed by atoms with E-state index in [1.165, 1.54) is 18.2 Å². The van der Waals surface area contributed by atoms with Gasteiger partial charge in [-0.05, 0) is 50.2 Å². The van der Waals surface area contributed by atoms with Crippen LogP contribution in [0.25, 0.3) is 11.6 Å². The molecule has 0 saturated carbocycles. The second-order valence-electron chi connectivity index (χ2n) is 6.95. The van der Waals surface area contributed by atoms with Gasteiger partial charge >= 0.3 is 0 Å². The predicted octanol–water partition coefficient (Wildman–Crippen LogP) is 3.51. The number of amides is 2. The molecule has 1 aliphatic heterocycles. The number of aromatic amines is 1. The number of nitrogens with zero attached hydrogens (tertiary/aromatic N) is 1. The fraction of sp³-hybridized carbons (Fsp3) is 0.333. The van der Waals surface area contributed by atoms with Crippen LogP contribution in [0.2, 0.25) is 0 Å². The lowest BCUT2D eigenvalue weighted by atomic mass is 10.0. The smallest absolute Gasteiger partial charge is 0.256 e. The summed E-state index contributed by atoms with van der Waals surface area (Å²) in [5.41, 5.74) is 4.06. The second-order valence-corrected chi connectivity index (χ2v) is 7.19. The SMILES string of the molecule is CCN(CCl)CCNC(=O)c1c(C)[nH]c(/C=C2\C(=O)Nc3ccc(F)cc32)c1C. The van der Waals surface area contributed by atoms with E-state index in [0.717, 1.165) is 12.1 Å². The molecule has 0 fully saturated rings. The quantitative estimate of drug-likeness (QED) is 0.366. The summed E-state index contributed by atoms with van der Waals surface area (Å²) in [6.45, 7) is 7.59. The third kappa shape index (κ3) is 4.36. The maximum Gasteiger partial charge on any atom is 0.256 e. The Morgan fingerprint density at radius 3 is 2.79 bits per heavy atom. The molecule has 3 N–H and O–H groups in total. The molecule has 0 bridgehead atoms. The Balaban J connectivity index is 1.83. The van der Waals surface area contributed by atoms with Crippen molar-refractivity contribution >= 4 is 40.8 Å². The lowest BCUT2D eigenvalue weighted by molar-refractivity contribution is -0.110. The third-order valence-electron chi connectivity index (χ3n) is 5.09. The Hall–Kier alpha value is -2.64. The van der Waals surface area contributed by atoms with Crippen LogP contribution in [-0.4, -0.2) is 47.3 Å². The summed E-state index contributed by atoms with van der Waals surface area (Å²) < 4.78 is 13.6. The first-order valence-corrected chi connectivity index (χ1v) is 9.97. The highest BCUT2D eigenvalue weighted by atomic mass is 35.5. The number of aromatic nitrogens is 1. The molecule has 0 saturated heterocycles. The molecule has 0 unspecified atom stereocenters. The van der Waals surface area contributed by atoms with Crippen molar-refractivity contribution in [1.82, 2.24) is 15.2 Å². The van der Waals surface area contributed by atoms with E-state index >= 15 is 0 Å². The van der Waals surface area contributed by atoms with E-state index in [1.54, 1.807) is 6.08 Å². The van der Waals surface area contributed by atoms with Crippen molar-refractivity contribution in [3.05, 3.63) is 52.1 Å². The monoisotopic (exact) mass is 418 g/mol. The topological polar surface area (TPSA) is 77.2 Å². The van der Waals surface area contributed by atoms with Gasteiger partial charge in [0.1, 0.15) is 5.82 Å². The van der Waals surface area contributed by atoms with Gasteiger partial charge in [-0.3, -0.25) is 14.5 Å². The first kappa shape index (κ1) is 21.1. The Labute approximate surface area is 174 Å². The molecular formula is C21H24ClFN4O2. The molecule has 2 aromatic rings. The van der Waals surface area contributed by atoms with Crippen LogP contribution in [0.1, 0.15) is 39.8 Å². The zero-order valence-corrected chi connectivity index (χ0v) is 17.4. The number of hydrogen-bond acceptors (Lipinski definition) is 3. The Kier molecular flexibility index (Phi) is 6.39. The predicted molar refractivity (Wildman–Crippen MR) is 113 cm³/mol. The van der Waals surface area contributed by atoms with Crippen molar-refractivity contribution < 1.29 is 14.0 Å². The van der Waals surface area contributed by atoms with Gasteiger partial charge in [-0.25, -0.2) is 4.39 Å². The van der Waals surface area contributed by atoms with E-state index in [1.807, 2.05) is 25.7 Å². The molecule has 0 atom stereocenters. The molecule has 8 heteroatoms. The molecule has 1 aromatic carbocycles. The summed E-state index contributed by atoms with van der Waals surface area (Å²) in [6.07, 6.45) is 1.66. The average Bonchev–Trinajstić information content (AvgIpc) is 3.14. The molecule has 6 nitrogen and oxygen atoms in total. The number of aryl methyl sites for hydroxylation is 1. The fourth-order valence-corrected chi connectivity index (χ4v) is 3.71. The number of likely N-dealkylation sites (N-methyl/N-ethyl adjacent to an activating group) is 1. The minimum absolute atomic E-state index is 0.186. The summed E-state index contributed by atoms with van der Waals surface area (Å²) in [7, 11) is 0. The summed E-state index contributed by atoms with van der Waals surface area (Å²) in [5.74, 6) is -0.901. The van der Waals surface area contributed by atoms with Crippen LogP contribution in [0, 0.1) is 19.7 Å². The van der Waals surface area contributed by atoms with Gasteiger partial charge in [0.25, 0.3) is 11.8 Å². The number of nitrogens with one attached hydrogen (secondary N) is 3. The molecule has 154 valence electrons. The summed E-state index contributed by atoms with van der Waals surface area (Å²) >= 11 is 5.84. The van der Waals surface area contributed by atoms with Crippen molar-refractivity contribution in [2.45, 2.75) is 20.8 Å². The van der Waals surface area contributed by atoms with Crippen molar-refractivity contribution in [3.63, 3.8) is 0 Å². The molecule has 0 spiro atoms. The summed E-state index contributed by atoms with van der Waals surface area (Å²) in [5, 5.41) is 5.64. The number of carbonyl (C=O) groups excluding carboxylic acids is 2. The molecule has 1 aromatic heterocycles. The Morgan fingerprint density at radius 1 is 1.34 bits per heavy atom. The van der Waals surface area contributed by atoms with Gasteiger partial charge in [0.2, 0.25) is 0 Å². The number of carbonyl (C=O) groups is 2. The van der Waals surface area contributed by atoms with Crippen LogP contribution < -0.4 is 10.6 Å². The van der Waals surface area contributed by atoms with Gasteiger partial charge < -0.3 is 15.6 Å². The number of halogens is 2. The average molecular weight is 419 g/mol. The maximum atomic E-state index is 13.6. The van der Waals surface area contributed by atoms with E-state index in [9.17, 15) is 14.0 Å². The number of H-pyrrole nitrogens is 1. The molecule has 0 radical (unpaired) electrons. The Morgan fingerprint density at radius 2 is 2.10 bits per heavy atom. The van der Waals surface area contributed by atoms with Crippen molar-refractivity contribution in [2.75, 3.05) is 31.0 Å². The normalized spacial score (nSPS) is 14.4. The minimum atomic E-state index is -0.413. The van der Waals surface area contributed by atoms with Crippen molar-refractivity contribution in [3.8, 4) is 0 Å². The van der Waals surface area contributed by atoms with E-state index in [4.69, 9.17) is 11.6 Å². The molecule has 2 amide bonds. The lowest BCUT2D eigenvalue weighted by Gasteiger charge is -2.16. The van der Waals surface area contributed by atoms with Crippen LogP contribution in [0.4, 0.5) is 10.1 Å². The summed E-state index contributed by atoms with van der Waals surface area (Å²) in [4.78, 5) is 30.2. The number of benzene rings is 1. The standard InChI is InChI=1S/C21H24ClFN4O2/c1-4-27(11-22)8-7-24-21(29)19-12(2)18(25-13(19)3)10-16-15-9-14(23)5-6-17(15)26-20(16)28/h5-6,9-10,25H,4,7-8,11H2,1-3H3,(H,24,29)(H,26,28)/b16-10-. The van der Waals surface area contributed by atoms with E-state index in [-0.39, 0.29) is 11.8 Å². The van der Waals surface area contributed by atoms with Crippen LogP contribution in [0.3, 0.4) is 0 Å². The zero-order chi connectivity index (χ0) is 21.1. The number of hydrogen-bond donors (Lipinski definition) is 3. The lowest BCUT2D eigenvalue weighted by Crippen LogP contribution is -2.34. The second kappa shape index (κ2) is 8.80. The van der Waals surface area contributed by atoms with E-state index < -0.39 is 5.82 Å². The third-order valence-corrected chi connectivity index (χ3v) is 5.42. The number of alkyl halides is 1. The molecule has 29 heavy (non-hydrogen) atoms. The number of rotatable bonds is 7. The van der Waals surface area contributed by atoms with Crippen molar-refractivity contribution in [1.29, 1.82) is 0 Å². The van der Waals surface area contributed by atoms with Gasteiger partial charge in [-0.1, -0.05) is 6.92 Å². The van der Waals surface area contributed by atoms with Gasteiger partial charge in [0, 0.05) is 35.7 Å². The fourth-order valence-electron chi connectivity index (χ4n) is 3.43. The van der Waals surface area contributed by atoms with Crippen LogP contribution in [0.5, 0.6) is 0 Å². The van der Waals surface area contributed by atoms with Gasteiger partial charge in [0.05, 0.1) is 17.1 Å². The molecule has 1 aliphatic rings. The van der Waals surface area contributed by atoms with E-state index in [2.05, 4.69) is 15.6 Å². The highest BCUT2D eigenvalue weighted by Gasteiger charge is 2.26. The van der Waals surface area contributed by atoms with Crippen LogP contribution in [-0.2, 0) is 4.79 Å². The molecule has 2 heterocycles.